The van der Waals surface area contributed by atoms with E-state index in [0.717, 1.165) is 19.4 Å². The van der Waals surface area contributed by atoms with Crippen LogP contribution in [0.15, 0.2) is 18.3 Å². The molecule has 2 heterocycles. The molecule has 0 unspecified atom stereocenters. The molecule has 1 aromatic rings. The number of hydrogen-bond acceptors (Lipinski definition) is 4. The fraction of sp³-hybridized carbons (Fsp3) is 0.700. The minimum absolute atomic E-state index is 0.0677. The maximum absolute atomic E-state index is 12.7. The van der Waals surface area contributed by atoms with Gasteiger partial charge >= 0.3 is 0 Å². The first-order valence-corrected chi connectivity index (χ1v) is 9.46. The number of carbonyl (C=O) groups excluding carboxylic acids is 1. The number of carbonyl (C=O) groups is 1. The highest BCUT2D eigenvalue weighted by Gasteiger charge is 2.33. The van der Waals surface area contributed by atoms with Crippen LogP contribution in [0.4, 0.5) is 0 Å². The summed E-state index contributed by atoms with van der Waals surface area (Å²) < 4.78 is 5.97. The Morgan fingerprint density at radius 2 is 2.16 bits per heavy atom. The summed E-state index contributed by atoms with van der Waals surface area (Å²) in [5.74, 6) is 1.35. The van der Waals surface area contributed by atoms with Crippen molar-refractivity contribution in [2.24, 2.45) is 5.41 Å². The topological polar surface area (TPSA) is 54.5 Å². The Labute approximate surface area is 151 Å². The van der Waals surface area contributed by atoms with Gasteiger partial charge in [0.2, 0.25) is 11.8 Å². The number of piperidine rings is 1. The summed E-state index contributed by atoms with van der Waals surface area (Å²) in [6, 6.07) is 4.81. The second kappa shape index (κ2) is 7.32. The Kier molecular flexibility index (Phi) is 5.32. The van der Waals surface area contributed by atoms with Crippen LogP contribution in [-0.4, -0.2) is 48.1 Å². The quantitative estimate of drug-likeness (QED) is 0.861. The normalized spacial score (nSPS) is 24.8. The van der Waals surface area contributed by atoms with E-state index in [1.54, 1.807) is 6.20 Å². The molecule has 2 fully saturated rings. The van der Waals surface area contributed by atoms with E-state index in [2.05, 4.69) is 35.2 Å². The molecule has 0 spiro atoms. The molecule has 1 saturated carbocycles. The molecule has 25 heavy (non-hydrogen) atoms. The van der Waals surface area contributed by atoms with Crippen LogP contribution in [0.1, 0.15) is 57.9 Å². The smallest absolute Gasteiger partial charge is 0.229 e. The van der Waals surface area contributed by atoms with Gasteiger partial charge in [-0.05, 0) is 65.5 Å². The van der Waals surface area contributed by atoms with Gasteiger partial charge in [0.25, 0.3) is 0 Å². The van der Waals surface area contributed by atoms with E-state index in [-0.39, 0.29) is 11.9 Å². The Hall–Kier alpha value is -1.62. The molecule has 2 aliphatic rings. The van der Waals surface area contributed by atoms with Crippen molar-refractivity contribution in [2.45, 2.75) is 64.5 Å². The van der Waals surface area contributed by atoms with Crippen molar-refractivity contribution < 1.29 is 9.53 Å². The number of rotatable bonds is 6. The maximum atomic E-state index is 12.7. The summed E-state index contributed by atoms with van der Waals surface area (Å²) in [6.07, 6.45) is 6.19. The number of likely N-dealkylation sites (tertiary alicyclic amines) is 1. The number of aromatic nitrogens is 1. The van der Waals surface area contributed by atoms with Crippen molar-refractivity contribution in [1.29, 1.82) is 0 Å². The highest BCUT2D eigenvalue weighted by Crippen LogP contribution is 2.43. The predicted octanol–water partition coefficient (Wildman–Crippen LogP) is 2.96. The molecule has 1 aromatic heterocycles. The summed E-state index contributed by atoms with van der Waals surface area (Å²) >= 11 is 0. The van der Waals surface area contributed by atoms with E-state index < -0.39 is 5.41 Å². The Morgan fingerprint density at radius 1 is 1.40 bits per heavy atom. The third-order valence-corrected chi connectivity index (χ3v) is 5.55. The van der Waals surface area contributed by atoms with Crippen LogP contribution >= 0.6 is 0 Å². The average molecular weight is 345 g/mol. The lowest BCUT2D eigenvalue weighted by atomic mass is 9.91. The van der Waals surface area contributed by atoms with Gasteiger partial charge in [0.15, 0.2) is 0 Å². The molecule has 3 rings (SSSR count). The number of amides is 1. The highest BCUT2D eigenvalue weighted by atomic mass is 16.5. The van der Waals surface area contributed by atoms with Gasteiger partial charge in [-0.15, -0.1) is 0 Å². The fourth-order valence-corrected chi connectivity index (χ4v) is 3.34. The van der Waals surface area contributed by atoms with E-state index in [4.69, 9.17) is 4.74 Å². The SMILES string of the molecule is C[C@@H]1C[C@H](NC(=O)C(C)(C)COc2ncccc2C2CC2)CCN1C. The van der Waals surface area contributed by atoms with Gasteiger partial charge in [-0.25, -0.2) is 4.98 Å². The Bertz CT molecular complexity index is 613. The molecule has 1 amide bonds. The lowest BCUT2D eigenvalue weighted by Crippen LogP contribution is -2.51. The zero-order valence-corrected chi connectivity index (χ0v) is 15.9. The van der Waals surface area contributed by atoms with Gasteiger partial charge in [-0.1, -0.05) is 6.07 Å². The minimum Gasteiger partial charge on any atom is -0.476 e. The van der Waals surface area contributed by atoms with Gasteiger partial charge in [0.1, 0.15) is 6.61 Å². The predicted molar refractivity (Wildman–Crippen MR) is 98.7 cm³/mol. The number of nitrogens with zero attached hydrogens (tertiary/aromatic N) is 2. The molecule has 0 bridgehead atoms. The van der Waals surface area contributed by atoms with E-state index in [0.29, 0.717) is 24.4 Å². The van der Waals surface area contributed by atoms with Crippen molar-refractivity contribution in [3.63, 3.8) is 0 Å². The van der Waals surface area contributed by atoms with Crippen LogP contribution in [0.5, 0.6) is 5.88 Å². The summed E-state index contributed by atoms with van der Waals surface area (Å²) in [5, 5.41) is 3.23. The molecule has 1 saturated heterocycles. The molecule has 5 heteroatoms. The molecule has 1 aliphatic heterocycles. The monoisotopic (exact) mass is 345 g/mol. The first kappa shape index (κ1) is 18.2. The lowest BCUT2D eigenvalue weighted by Gasteiger charge is -2.36. The van der Waals surface area contributed by atoms with E-state index >= 15 is 0 Å². The zero-order chi connectivity index (χ0) is 18.0. The van der Waals surface area contributed by atoms with Crippen molar-refractivity contribution in [3.05, 3.63) is 23.9 Å². The molecule has 1 N–H and O–H groups in total. The van der Waals surface area contributed by atoms with E-state index in [1.165, 1.54) is 18.4 Å². The zero-order valence-electron chi connectivity index (χ0n) is 15.9. The molecule has 5 nitrogen and oxygen atoms in total. The Balaban J connectivity index is 1.55. The Morgan fingerprint density at radius 3 is 2.84 bits per heavy atom. The maximum Gasteiger partial charge on any atom is 0.229 e. The summed E-state index contributed by atoms with van der Waals surface area (Å²) in [6.45, 7) is 7.48. The number of hydrogen-bond donors (Lipinski definition) is 1. The van der Waals surface area contributed by atoms with Crippen molar-refractivity contribution >= 4 is 5.91 Å². The molecular formula is C20H31N3O2. The first-order valence-electron chi connectivity index (χ1n) is 9.46. The standard InChI is InChI=1S/C20H31N3O2/c1-14-12-16(9-11-23(14)4)22-19(24)20(2,3)13-25-18-17(15-7-8-15)6-5-10-21-18/h5-6,10,14-16H,7-9,11-13H2,1-4H3,(H,22,24)/t14-,16-/m1/s1. The largest absolute Gasteiger partial charge is 0.476 e. The highest BCUT2D eigenvalue weighted by molar-refractivity contribution is 5.82. The van der Waals surface area contributed by atoms with E-state index in [9.17, 15) is 4.79 Å². The van der Waals surface area contributed by atoms with Crippen LogP contribution in [-0.2, 0) is 4.79 Å². The second-order valence-corrected chi connectivity index (χ2v) is 8.37. The van der Waals surface area contributed by atoms with Crippen molar-refractivity contribution in [3.8, 4) is 5.88 Å². The molecular weight excluding hydrogens is 314 g/mol. The van der Waals surface area contributed by atoms with Crippen LogP contribution in [0.3, 0.4) is 0 Å². The number of pyridine rings is 1. The third kappa shape index (κ3) is 4.51. The van der Waals surface area contributed by atoms with Crippen LogP contribution in [0, 0.1) is 5.41 Å². The number of nitrogens with one attached hydrogen (secondary N) is 1. The van der Waals surface area contributed by atoms with Gasteiger partial charge < -0.3 is 15.0 Å². The summed E-state index contributed by atoms with van der Waals surface area (Å²) in [4.78, 5) is 19.5. The minimum atomic E-state index is -0.578. The third-order valence-electron chi connectivity index (χ3n) is 5.55. The van der Waals surface area contributed by atoms with Gasteiger partial charge in [0.05, 0.1) is 5.41 Å². The molecule has 138 valence electrons. The average Bonchev–Trinajstić information content (AvgIpc) is 3.41. The van der Waals surface area contributed by atoms with Crippen molar-refractivity contribution in [1.82, 2.24) is 15.2 Å². The van der Waals surface area contributed by atoms with Gasteiger partial charge in [-0.3, -0.25) is 4.79 Å². The van der Waals surface area contributed by atoms with E-state index in [1.807, 2.05) is 19.9 Å². The molecule has 1 aliphatic carbocycles. The summed E-state index contributed by atoms with van der Waals surface area (Å²) in [5.41, 5.74) is 0.605. The summed E-state index contributed by atoms with van der Waals surface area (Å²) in [7, 11) is 2.14. The van der Waals surface area contributed by atoms with Crippen LogP contribution in [0.25, 0.3) is 0 Å². The molecule has 0 radical (unpaired) electrons. The van der Waals surface area contributed by atoms with Crippen molar-refractivity contribution in [2.75, 3.05) is 20.2 Å². The van der Waals surface area contributed by atoms with Crippen LogP contribution in [0.2, 0.25) is 0 Å². The second-order valence-electron chi connectivity index (χ2n) is 8.37. The molecule has 2 atom stereocenters. The lowest BCUT2D eigenvalue weighted by molar-refractivity contribution is -0.132. The molecule has 0 aromatic carbocycles. The first-order chi connectivity index (χ1) is 11.9. The fourth-order valence-electron chi connectivity index (χ4n) is 3.34. The van der Waals surface area contributed by atoms with Crippen LogP contribution < -0.4 is 10.1 Å². The number of ether oxygens (including phenoxy) is 1. The van der Waals surface area contributed by atoms with Gasteiger partial charge in [-0.2, -0.15) is 0 Å². The van der Waals surface area contributed by atoms with Gasteiger partial charge in [0, 0.05) is 30.4 Å².